The van der Waals surface area contributed by atoms with E-state index in [2.05, 4.69) is 10.5 Å². The second-order valence-corrected chi connectivity index (χ2v) is 4.60. The van der Waals surface area contributed by atoms with E-state index in [1.165, 1.54) is 14.0 Å². The average molecular weight is 270 g/mol. The largest absolute Gasteiger partial charge is 0.479 e. The van der Waals surface area contributed by atoms with Crippen molar-refractivity contribution in [2.75, 3.05) is 13.7 Å². The van der Waals surface area contributed by atoms with Crippen LogP contribution in [-0.4, -0.2) is 41.4 Å². The molecule has 7 heteroatoms. The normalized spacial score (nSPS) is 13.9. The van der Waals surface area contributed by atoms with Crippen LogP contribution in [0.1, 0.15) is 23.9 Å². The molecule has 0 spiro atoms. The molecule has 0 radical (unpaired) electrons. The van der Waals surface area contributed by atoms with Crippen molar-refractivity contribution in [2.45, 2.75) is 32.7 Å². The van der Waals surface area contributed by atoms with Gasteiger partial charge in [-0.2, -0.15) is 0 Å². The summed E-state index contributed by atoms with van der Waals surface area (Å²) in [6.07, 6.45) is 0.0216. The Bertz CT molecular complexity index is 463. The number of aromatic nitrogens is 1. The van der Waals surface area contributed by atoms with Crippen LogP contribution in [0, 0.1) is 13.8 Å². The van der Waals surface area contributed by atoms with Crippen molar-refractivity contribution < 1.29 is 24.0 Å². The molecule has 7 nitrogen and oxygen atoms in total. The molecule has 1 aromatic heterocycles. The standard InChI is InChI=1S/C12H18N2O5/c1-7-9(8(2)19-14-7)5-10(15)13-12(3,6-18-4)11(16)17/h5-6H2,1-4H3,(H,13,15)(H,16,17). The Labute approximate surface area is 110 Å². The third kappa shape index (κ3) is 3.54. The molecule has 1 rings (SSSR count). The molecule has 1 unspecified atom stereocenters. The number of nitrogens with one attached hydrogen (secondary N) is 1. The number of nitrogens with zero attached hydrogens (tertiary/aromatic N) is 1. The Morgan fingerprint density at radius 2 is 2.11 bits per heavy atom. The van der Waals surface area contributed by atoms with Crippen LogP contribution in [0.25, 0.3) is 0 Å². The lowest BCUT2D eigenvalue weighted by Crippen LogP contribution is -2.55. The van der Waals surface area contributed by atoms with E-state index in [0.29, 0.717) is 17.0 Å². The van der Waals surface area contributed by atoms with E-state index >= 15 is 0 Å². The van der Waals surface area contributed by atoms with Gasteiger partial charge in [0.25, 0.3) is 0 Å². The number of hydrogen-bond donors (Lipinski definition) is 2. The van der Waals surface area contributed by atoms with Gasteiger partial charge in [-0.25, -0.2) is 4.79 Å². The molecule has 0 aromatic carbocycles. The summed E-state index contributed by atoms with van der Waals surface area (Å²) in [7, 11) is 1.38. The van der Waals surface area contributed by atoms with Crippen molar-refractivity contribution >= 4 is 11.9 Å². The van der Waals surface area contributed by atoms with Crippen LogP contribution in [0.4, 0.5) is 0 Å². The predicted molar refractivity (Wildman–Crippen MR) is 65.7 cm³/mol. The van der Waals surface area contributed by atoms with Crippen molar-refractivity contribution in [1.29, 1.82) is 0 Å². The molecular formula is C12H18N2O5. The third-order valence-electron chi connectivity index (χ3n) is 2.84. The first-order chi connectivity index (χ1) is 8.80. The van der Waals surface area contributed by atoms with E-state index in [0.717, 1.165) is 0 Å². The number of aliphatic carboxylic acids is 1. The molecule has 0 saturated heterocycles. The van der Waals surface area contributed by atoms with Gasteiger partial charge >= 0.3 is 5.97 Å². The molecule has 1 atom stereocenters. The number of ether oxygens (including phenoxy) is 1. The first-order valence-electron chi connectivity index (χ1n) is 5.75. The minimum Gasteiger partial charge on any atom is -0.479 e. The van der Waals surface area contributed by atoms with Crippen molar-refractivity contribution in [3.63, 3.8) is 0 Å². The fourth-order valence-electron chi connectivity index (χ4n) is 1.71. The lowest BCUT2D eigenvalue weighted by Gasteiger charge is -2.25. The Morgan fingerprint density at radius 1 is 1.47 bits per heavy atom. The summed E-state index contributed by atoms with van der Waals surface area (Å²) in [5, 5.41) is 15.3. The minimum atomic E-state index is -1.45. The highest BCUT2D eigenvalue weighted by molar-refractivity contribution is 5.87. The van der Waals surface area contributed by atoms with Gasteiger partial charge < -0.3 is 19.7 Å². The quantitative estimate of drug-likeness (QED) is 0.777. The molecule has 106 valence electrons. The highest BCUT2D eigenvalue weighted by atomic mass is 16.5. The highest BCUT2D eigenvalue weighted by Crippen LogP contribution is 2.13. The van der Waals surface area contributed by atoms with Gasteiger partial charge in [-0.15, -0.1) is 0 Å². The van der Waals surface area contributed by atoms with Crippen LogP contribution in [0.5, 0.6) is 0 Å². The number of aryl methyl sites for hydroxylation is 2. The van der Waals surface area contributed by atoms with Gasteiger partial charge in [0, 0.05) is 12.7 Å². The molecule has 0 bridgehead atoms. The van der Waals surface area contributed by atoms with Gasteiger partial charge in [-0.1, -0.05) is 5.16 Å². The predicted octanol–water partition coefficient (Wildman–Crippen LogP) is 0.440. The smallest absolute Gasteiger partial charge is 0.331 e. The van der Waals surface area contributed by atoms with Gasteiger partial charge in [0.1, 0.15) is 5.76 Å². The summed E-state index contributed by atoms with van der Waals surface area (Å²) < 4.78 is 9.78. The van der Waals surface area contributed by atoms with Crippen molar-refractivity contribution in [3.05, 3.63) is 17.0 Å². The van der Waals surface area contributed by atoms with E-state index in [-0.39, 0.29) is 13.0 Å². The Balaban J connectivity index is 2.77. The third-order valence-corrected chi connectivity index (χ3v) is 2.84. The molecule has 0 fully saturated rings. The maximum atomic E-state index is 11.9. The molecule has 0 aliphatic heterocycles. The average Bonchev–Trinajstić information content (AvgIpc) is 2.60. The highest BCUT2D eigenvalue weighted by Gasteiger charge is 2.35. The first-order valence-corrected chi connectivity index (χ1v) is 5.75. The zero-order valence-electron chi connectivity index (χ0n) is 11.4. The summed E-state index contributed by atoms with van der Waals surface area (Å²) in [4.78, 5) is 23.1. The summed E-state index contributed by atoms with van der Waals surface area (Å²) in [5.41, 5.74) is -0.163. The first kappa shape index (κ1) is 15.2. The summed E-state index contributed by atoms with van der Waals surface area (Å²) in [6.45, 7) is 4.71. The SMILES string of the molecule is COCC(C)(NC(=O)Cc1c(C)noc1C)C(=O)O. The second kappa shape index (κ2) is 5.83. The maximum Gasteiger partial charge on any atom is 0.331 e. The van der Waals surface area contributed by atoms with Crippen molar-refractivity contribution in [3.8, 4) is 0 Å². The number of carboxylic acids is 1. The summed E-state index contributed by atoms with van der Waals surface area (Å²) >= 11 is 0. The zero-order valence-corrected chi connectivity index (χ0v) is 11.4. The van der Waals surface area contributed by atoms with E-state index in [1.54, 1.807) is 13.8 Å². The molecule has 19 heavy (non-hydrogen) atoms. The van der Waals surface area contributed by atoms with Crippen LogP contribution < -0.4 is 5.32 Å². The van der Waals surface area contributed by atoms with Gasteiger partial charge in [0.05, 0.1) is 18.7 Å². The van der Waals surface area contributed by atoms with Crippen LogP contribution in [0.2, 0.25) is 0 Å². The molecule has 1 heterocycles. The number of amides is 1. The van der Waals surface area contributed by atoms with Crippen molar-refractivity contribution in [2.24, 2.45) is 0 Å². The summed E-state index contributed by atoms with van der Waals surface area (Å²) in [5.74, 6) is -1.02. The van der Waals surface area contributed by atoms with Crippen LogP contribution in [-0.2, 0) is 20.7 Å². The fourth-order valence-corrected chi connectivity index (χ4v) is 1.71. The second-order valence-electron chi connectivity index (χ2n) is 4.60. The molecule has 1 amide bonds. The van der Waals surface area contributed by atoms with Crippen molar-refractivity contribution in [1.82, 2.24) is 10.5 Å². The number of carboxylic acid groups (broad SMARTS) is 1. The monoisotopic (exact) mass is 270 g/mol. The molecular weight excluding hydrogens is 252 g/mol. The van der Waals surface area contributed by atoms with E-state index in [9.17, 15) is 9.59 Å². The van der Waals surface area contributed by atoms with E-state index < -0.39 is 17.4 Å². The molecule has 0 aliphatic rings. The van der Waals surface area contributed by atoms with E-state index in [1.807, 2.05) is 0 Å². The lowest BCUT2D eigenvalue weighted by atomic mass is 10.0. The van der Waals surface area contributed by atoms with Crippen LogP contribution >= 0.6 is 0 Å². The lowest BCUT2D eigenvalue weighted by molar-refractivity contribution is -0.149. The number of carbonyl (C=O) groups excluding carboxylic acids is 1. The Morgan fingerprint density at radius 3 is 2.53 bits per heavy atom. The van der Waals surface area contributed by atoms with Gasteiger partial charge in [0.2, 0.25) is 5.91 Å². The number of methoxy groups -OCH3 is 1. The molecule has 0 saturated carbocycles. The molecule has 2 N–H and O–H groups in total. The molecule has 0 aliphatic carbocycles. The number of carbonyl (C=O) groups is 2. The van der Waals surface area contributed by atoms with Crippen LogP contribution in [0.15, 0.2) is 4.52 Å². The van der Waals surface area contributed by atoms with Gasteiger partial charge in [-0.05, 0) is 20.8 Å². The van der Waals surface area contributed by atoms with Gasteiger partial charge in [0.15, 0.2) is 5.54 Å². The summed E-state index contributed by atoms with van der Waals surface area (Å²) in [6, 6.07) is 0. The topological polar surface area (TPSA) is 102 Å². The maximum absolute atomic E-state index is 11.9. The fraction of sp³-hybridized carbons (Fsp3) is 0.583. The zero-order chi connectivity index (χ0) is 14.6. The van der Waals surface area contributed by atoms with E-state index in [4.69, 9.17) is 14.4 Å². The number of rotatable bonds is 6. The molecule has 1 aromatic rings. The number of hydrogen-bond acceptors (Lipinski definition) is 5. The van der Waals surface area contributed by atoms with Crippen LogP contribution in [0.3, 0.4) is 0 Å². The van der Waals surface area contributed by atoms with Gasteiger partial charge in [-0.3, -0.25) is 4.79 Å². The Hall–Kier alpha value is -1.89. The Kier molecular flexibility index (Phi) is 4.66. The minimum absolute atomic E-state index is 0.0216.